The van der Waals surface area contributed by atoms with E-state index in [9.17, 15) is 9.59 Å². The number of rotatable bonds is 1. The summed E-state index contributed by atoms with van der Waals surface area (Å²) in [6, 6.07) is 8.15. The van der Waals surface area contributed by atoms with Gasteiger partial charge in [-0.05, 0) is 24.5 Å². The number of carbonyl (C=O) groups is 2. The number of benzene rings is 1. The van der Waals surface area contributed by atoms with Gasteiger partial charge in [-0.3, -0.25) is 9.59 Å². The second-order valence-corrected chi connectivity index (χ2v) is 7.63. The second-order valence-electron chi connectivity index (χ2n) is 7.63. The van der Waals surface area contributed by atoms with Crippen LogP contribution in [0.1, 0.15) is 43.4 Å². The molecule has 2 aliphatic heterocycles. The fraction of sp³-hybridized carbons (Fsp3) is 0.500. The third kappa shape index (κ3) is 2.29. The third-order valence-corrected chi connectivity index (χ3v) is 6.21. The van der Waals surface area contributed by atoms with E-state index in [0.29, 0.717) is 13.0 Å². The standard InChI is InChI=1S/C20H23N3O2/c24-19-12-22(13-6-2-1-3-7-13)20(25)18-10-15-14-8-4-5-9-16(14)21-17(15)11-23(18)19/h4-5,8-9,13,18,21H,1-3,6-7,10-12H2/t18-/m0/s1. The molecular weight excluding hydrogens is 314 g/mol. The van der Waals surface area contributed by atoms with E-state index in [2.05, 4.69) is 17.1 Å². The van der Waals surface area contributed by atoms with E-state index < -0.39 is 0 Å². The predicted molar refractivity (Wildman–Crippen MR) is 94.9 cm³/mol. The van der Waals surface area contributed by atoms with Gasteiger partial charge in [-0.25, -0.2) is 0 Å². The number of hydrogen-bond acceptors (Lipinski definition) is 2. The highest BCUT2D eigenvalue weighted by molar-refractivity contribution is 5.97. The van der Waals surface area contributed by atoms with E-state index in [-0.39, 0.29) is 30.4 Å². The molecule has 1 aromatic carbocycles. The van der Waals surface area contributed by atoms with Gasteiger partial charge in [0.1, 0.15) is 12.6 Å². The zero-order chi connectivity index (χ0) is 17.0. The maximum atomic E-state index is 13.2. The molecule has 0 bridgehead atoms. The Morgan fingerprint density at radius 2 is 1.76 bits per heavy atom. The molecule has 130 valence electrons. The van der Waals surface area contributed by atoms with Gasteiger partial charge in [0, 0.05) is 29.1 Å². The van der Waals surface area contributed by atoms with Gasteiger partial charge in [0.15, 0.2) is 0 Å². The normalized spacial score (nSPS) is 24.6. The molecule has 0 unspecified atom stereocenters. The molecule has 3 heterocycles. The SMILES string of the molecule is O=C1[C@@H]2Cc3c([nH]c4ccccc34)CN2C(=O)CN1C1CCCCC1. The number of H-pyrrole nitrogens is 1. The summed E-state index contributed by atoms with van der Waals surface area (Å²) in [7, 11) is 0. The number of carbonyl (C=O) groups excluding carboxylic acids is 2. The molecule has 1 aromatic heterocycles. The van der Waals surface area contributed by atoms with Crippen molar-refractivity contribution >= 4 is 22.7 Å². The quantitative estimate of drug-likeness (QED) is 0.870. The molecule has 0 spiro atoms. The largest absolute Gasteiger partial charge is 0.357 e. The summed E-state index contributed by atoms with van der Waals surface area (Å²) >= 11 is 0. The van der Waals surface area contributed by atoms with Crippen molar-refractivity contribution < 1.29 is 9.59 Å². The maximum Gasteiger partial charge on any atom is 0.246 e. The van der Waals surface area contributed by atoms with Crippen LogP contribution in [0.25, 0.3) is 10.9 Å². The summed E-state index contributed by atoms with van der Waals surface area (Å²) in [4.78, 5) is 33.1. The van der Waals surface area contributed by atoms with E-state index in [1.807, 2.05) is 17.0 Å². The van der Waals surface area contributed by atoms with Gasteiger partial charge in [0.2, 0.25) is 11.8 Å². The van der Waals surface area contributed by atoms with E-state index >= 15 is 0 Å². The van der Waals surface area contributed by atoms with Crippen LogP contribution in [0.15, 0.2) is 24.3 Å². The number of piperazine rings is 1. The number of nitrogens with zero attached hydrogens (tertiary/aromatic N) is 2. The molecule has 2 amide bonds. The van der Waals surface area contributed by atoms with Gasteiger partial charge in [0.05, 0.1) is 6.54 Å². The van der Waals surface area contributed by atoms with Gasteiger partial charge in [-0.2, -0.15) is 0 Å². The molecule has 25 heavy (non-hydrogen) atoms. The fourth-order valence-electron chi connectivity index (χ4n) is 4.90. The van der Waals surface area contributed by atoms with Crippen molar-refractivity contribution in [3.05, 3.63) is 35.5 Å². The van der Waals surface area contributed by atoms with Crippen LogP contribution in [-0.2, 0) is 22.6 Å². The Labute approximate surface area is 147 Å². The summed E-state index contributed by atoms with van der Waals surface area (Å²) < 4.78 is 0. The summed E-state index contributed by atoms with van der Waals surface area (Å²) in [6.07, 6.45) is 6.31. The van der Waals surface area contributed by atoms with Gasteiger partial charge in [-0.1, -0.05) is 37.5 Å². The minimum absolute atomic E-state index is 0.0967. The number of aromatic nitrogens is 1. The van der Waals surface area contributed by atoms with Crippen molar-refractivity contribution in [3.63, 3.8) is 0 Å². The molecule has 1 saturated carbocycles. The second kappa shape index (κ2) is 5.61. The Morgan fingerprint density at radius 3 is 2.60 bits per heavy atom. The molecule has 1 aliphatic carbocycles. The van der Waals surface area contributed by atoms with E-state index in [0.717, 1.165) is 24.1 Å². The molecule has 3 aliphatic rings. The average molecular weight is 337 g/mol. The van der Waals surface area contributed by atoms with Gasteiger partial charge in [0.25, 0.3) is 0 Å². The zero-order valence-electron chi connectivity index (χ0n) is 14.3. The highest BCUT2D eigenvalue weighted by atomic mass is 16.2. The van der Waals surface area contributed by atoms with Crippen molar-refractivity contribution in [2.75, 3.05) is 6.54 Å². The van der Waals surface area contributed by atoms with Crippen molar-refractivity contribution in [3.8, 4) is 0 Å². The Bertz CT molecular complexity index is 850. The summed E-state index contributed by atoms with van der Waals surface area (Å²) in [5.74, 6) is 0.252. The van der Waals surface area contributed by atoms with Crippen molar-refractivity contribution in [1.29, 1.82) is 0 Å². The van der Waals surface area contributed by atoms with Gasteiger partial charge in [-0.15, -0.1) is 0 Å². The average Bonchev–Trinajstić information content (AvgIpc) is 3.02. The van der Waals surface area contributed by atoms with Crippen LogP contribution in [0.3, 0.4) is 0 Å². The van der Waals surface area contributed by atoms with Crippen LogP contribution < -0.4 is 0 Å². The summed E-state index contributed by atoms with van der Waals surface area (Å²) in [5.41, 5.74) is 3.39. The van der Waals surface area contributed by atoms with Crippen LogP contribution in [0.5, 0.6) is 0 Å². The number of fused-ring (bicyclic) bond motifs is 4. The van der Waals surface area contributed by atoms with Crippen molar-refractivity contribution in [1.82, 2.24) is 14.8 Å². The van der Waals surface area contributed by atoms with E-state index in [4.69, 9.17) is 0 Å². The van der Waals surface area contributed by atoms with Crippen LogP contribution >= 0.6 is 0 Å². The monoisotopic (exact) mass is 337 g/mol. The molecule has 5 heteroatoms. The van der Waals surface area contributed by atoms with Crippen LogP contribution in [0.2, 0.25) is 0 Å². The summed E-state index contributed by atoms with van der Waals surface area (Å²) in [5, 5.41) is 1.19. The molecule has 1 N–H and O–H groups in total. The molecule has 1 saturated heterocycles. The third-order valence-electron chi connectivity index (χ3n) is 6.21. The first-order valence-electron chi connectivity index (χ1n) is 9.41. The first-order chi connectivity index (χ1) is 12.2. The lowest BCUT2D eigenvalue weighted by molar-refractivity contribution is -0.160. The number of aromatic amines is 1. The Kier molecular flexibility index (Phi) is 3.37. The fourth-order valence-corrected chi connectivity index (χ4v) is 4.90. The van der Waals surface area contributed by atoms with E-state index in [1.165, 1.54) is 30.2 Å². The Hall–Kier alpha value is -2.30. The first-order valence-corrected chi connectivity index (χ1v) is 9.41. The van der Waals surface area contributed by atoms with E-state index in [1.54, 1.807) is 4.90 Å². The number of nitrogens with one attached hydrogen (secondary N) is 1. The lowest BCUT2D eigenvalue weighted by Gasteiger charge is -2.46. The smallest absolute Gasteiger partial charge is 0.246 e. The summed E-state index contributed by atoms with van der Waals surface area (Å²) in [6.45, 7) is 0.785. The van der Waals surface area contributed by atoms with Crippen molar-refractivity contribution in [2.45, 2.75) is 57.2 Å². The Balaban J connectivity index is 1.49. The highest BCUT2D eigenvalue weighted by Crippen LogP contribution is 2.34. The Morgan fingerprint density at radius 1 is 0.960 bits per heavy atom. The first kappa shape index (κ1) is 15.0. The maximum absolute atomic E-state index is 13.2. The van der Waals surface area contributed by atoms with Crippen LogP contribution in [0.4, 0.5) is 0 Å². The minimum Gasteiger partial charge on any atom is -0.357 e. The molecule has 0 radical (unpaired) electrons. The predicted octanol–water partition coefficient (Wildman–Crippen LogP) is 2.60. The lowest BCUT2D eigenvalue weighted by atomic mass is 9.90. The molecule has 2 aromatic rings. The molecular formula is C20H23N3O2. The van der Waals surface area contributed by atoms with Crippen molar-refractivity contribution in [2.24, 2.45) is 0 Å². The number of amides is 2. The molecule has 5 nitrogen and oxygen atoms in total. The lowest BCUT2D eigenvalue weighted by Crippen LogP contribution is -2.63. The van der Waals surface area contributed by atoms with Gasteiger partial charge < -0.3 is 14.8 Å². The number of para-hydroxylation sites is 1. The zero-order valence-corrected chi connectivity index (χ0v) is 14.3. The number of hydrogen-bond donors (Lipinski definition) is 1. The molecule has 2 fully saturated rings. The minimum atomic E-state index is -0.324. The van der Waals surface area contributed by atoms with Crippen LogP contribution in [-0.4, -0.2) is 45.2 Å². The molecule has 1 atom stereocenters. The van der Waals surface area contributed by atoms with Gasteiger partial charge >= 0.3 is 0 Å². The van der Waals surface area contributed by atoms with Crippen LogP contribution in [0, 0.1) is 0 Å². The topological polar surface area (TPSA) is 56.4 Å². The highest BCUT2D eigenvalue weighted by Gasteiger charge is 2.44. The molecule has 5 rings (SSSR count).